The van der Waals surface area contributed by atoms with Gasteiger partial charge >= 0.3 is 5.97 Å². The maximum Gasteiger partial charge on any atom is 0.339 e. The molecule has 0 saturated carbocycles. The summed E-state index contributed by atoms with van der Waals surface area (Å²) in [5.41, 5.74) is 5.47. The number of carbonyl (C=O) groups excluding carboxylic acids is 1. The summed E-state index contributed by atoms with van der Waals surface area (Å²) in [6.45, 7) is 4.74. The van der Waals surface area contributed by atoms with Crippen LogP contribution in [0.15, 0.2) is 35.2 Å². The van der Waals surface area contributed by atoms with Gasteiger partial charge in [0.2, 0.25) is 0 Å². The molecule has 1 aromatic carbocycles. The quantitative estimate of drug-likeness (QED) is 0.738. The first-order valence-electron chi connectivity index (χ1n) is 9.09. The Bertz CT molecular complexity index is 858. The van der Waals surface area contributed by atoms with Gasteiger partial charge in [-0.2, -0.15) is 0 Å². The summed E-state index contributed by atoms with van der Waals surface area (Å²) in [7, 11) is 2.17. The van der Waals surface area contributed by atoms with Crippen molar-refractivity contribution in [2.75, 3.05) is 26.7 Å². The molecule has 136 valence electrons. The topological polar surface area (TPSA) is 38.8 Å². The zero-order valence-corrected chi connectivity index (χ0v) is 16.0. The number of rotatable bonds is 2. The van der Waals surface area contributed by atoms with Gasteiger partial charge in [-0.1, -0.05) is 23.8 Å². The van der Waals surface area contributed by atoms with Crippen molar-refractivity contribution in [3.05, 3.63) is 56.8 Å². The van der Waals surface area contributed by atoms with Crippen LogP contribution in [-0.4, -0.2) is 37.6 Å². The molecule has 0 bridgehead atoms. The first kappa shape index (κ1) is 17.3. The monoisotopic (exact) mass is 369 g/mol. The van der Waals surface area contributed by atoms with Gasteiger partial charge < -0.3 is 14.4 Å². The lowest BCUT2D eigenvalue weighted by molar-refractivity contribution is 0.0524. The predicted octanol–water partition coefficient (Wildman–Crippen LogP) is 4.34. The minimum absolute atomic E-state index is 0.257. The van der Waals surface area contributed by atoms with Crippen LogP contribution in [0.3, 0.4) is 0 Å². The highest BCUT2D eigenvalue weighted by Gasteiger charge is 2.29. The molecule has 0 N–H and O–H groups in total. The molecule has 0 amide bonds. The third-order valence-electron chi connectivity index (χ3n) is 5.09. The number of hydrogen-bond donors (Lipinski definition) is 0. The standard InChI is InChI=1S/C21H23NO3S/c1-3-24-21(23)17-13-26-20-16(17)12-25-18-7-5-4-6-15(18)19(20)14-8-10-22(2)11-9-14/h4-7,13H,3,8-12H2,1-2H3. The summed E-state index contributed by atoms with van der Waals surface area (Å²) in [6, 6.07) is 8.21. The van der Waals surface area contributed by atoms with Crippen molar-refractivity contribution in [3.8, 4) is 5.75 Å². The second-order valence-electron chi connectivity index (χ2n) is 6.74. The highest BCUT2D eigenvalue weighted by atomic mass is 32.1. The average molecular weight is 369 g/mol. The van der Waals surface area contributed by atoms with E-state index in [2.05, 4.69) is 24.1 Å². The summed E-state index contributed by atoms with van der Waals surface area (Å²) < 4.78 is 11.4. The van der Waals surface area contributed by atoms with Crippen LogP contribution in [0.25, 0.3) is 5.57 Å². The Morgan fingerprint density at radius 2 is 2.04 bits per heavy atom. The maximum atomic E-state index is 12.4. The lowest BCUT2D eigenvalue weighted by atomic mass is 9.90. The Labute approximate surface area is 158 Å². The number of benzene rings is 1. The minimum Gasteiger partial charge on any atom is -0.488 e. The van der Waals surface area contributed by atoms with Gasteiger partial charge in [0.15, 0.2) is 0 Å². The Hall–Kier alpha value is -2.11. The van der Waals surface area contributed by atoms with Gasteiger partial charge in [0.25, 0.3) is 0 Å². The molecular formula is C21H23NO3S. The van der Waals surface area contributed by atoms with Crippen LogP contribution in [0.1, 0.15) is 46.1 Å². The van der Waals surface area contributed by atoms with Crippen LogP contribution < -0.4 is 4.74 Å². The molecule has 4 nitrogen and oxygen atoms in total. The van der Waals surface area contributed by atoms with E-state index in [1.807, 2.05) is 24.4 Å². The second kappa shape index (κ2) is 7.25. The van der Waals surface area contributed by atoms with Crippen molar-refractivity contribution in [3.63, 3.8) is 0 Å². The molecule has 1 fully saturated rings. The van der Waals surface area contributed by atoms with Gasteiger partial charge in [-0.05, 0) is 32.9 Å². The van der Waals surface area contributed by atoms with E-state index in [0.29, 0.717) is 18.8 Å². The van der Waals surface area contributed by atoms with Crippen molar-refractivity contribution < 1.29 is 14.3 Å². The summed E-state index contributed by atoms with van der Waals surface area (Å²) in [6.07, 6.45) is 2.10. The van der Waals surface area contributed by atoms with Crippen LogP contribution in [0.5, 0.6) is 5.75 Å². The summed E-state index contributed by atoms with van der Waals surface area (Å²) in [5, 5.41) is 1.93. The number of nitrogens with zero attached hydrogens (tertiary/aromatic N) is 1. The van der Waals surface area contributed by atoms with Crippen molar-refractivity contribution in [1.82, 2.24) is 4.90 Å². The van der Waals surface area contributed by atoms with Crippen molar-refractivity contribution in [2.24, 2.45) is 0 Å². The Morgan fingerprint density at radius 3 is 2.81 bits per heavy atom. The molecule has 2 aliphatic heterocycles. The first-order chi connectivity index (χ1) is 12.7. The molecule has 2 aromatic rings. The van der Waals surface area contributed by atoms with E-state index in [1.165, 1.54) is 11.1 Å². The van der Waals surface area contributed by atoms with Crippen LogP contribution in [-0.2, 0) is 11.3 Å². The summed E-state index contributed by atoms with van der Waals surface area (Å²) in [4.78, 5) is 15.9. The summed E-state index contributed by atoms with van der Waals surface area (Å²) >= 11 is 1.63. The van der Waals surface area contributed by atoms with Gasteiger partial charge in [-0.3, -0.25) is 0 Å². The van der Waals surface area contributed by atoms with Crippen LogP contribution >= 0.6 is 11.3 Å². The normalized spacial score (nSPS) is 17.2. The molecule has 0 unspecified atom stereocenters. The van der Waals surface area contributed by atoms with E-state index < -0.39 is 0 Å². The van der Waals surface area contributed by atoms with E-state index in [4.69, 9.17) is 9.47 Å². The molecular weight excluding hydrogens is 346 g/mol. The second-order valence-corrected chi connectivity index (χ2v) is 7.62. The summed E-state index contributed by atoms with van der Waals surface area (Å²) in [5.74, 6) is 0.638. The number of hydrogen-bond acceptors (Lipinski definition) is 5. The highest BCUT2D eigenvalue weighted by Crippen LogP contribution is 2.44. The van der Waals surface area contributed by atoms with Crippen LogP contribution in [0, 0.1) is 0 Å². The molecule has 2 aliphatic rings. The molecule has 3 heterocycles. The van der Waals surface area contributed by atoms with Crippen molar-refractivity contribution >= 4 is 22.9 Å². The number of fused-ring (bicyclic) bond motifs is 2. The molecule has 1 aromatic heterocycles. The number of thiophene rings is 1. The van der Waals surface area contributed by atoms with E-state index in [0.717, 1.165) is 47.7 Å². The highest BCUT2D eigenvalue weighted by molar-refractivity contribution is 7.11. The number of ether oxygens (including phenoxy) is 2. The minimum atomic E-state index is -0.257. The number of esters is 1. The lowest BCUT2D eigenvalue weighted by Crippen LogP contribution is -2.26. The molecule has 4 rings (SSSR count). The Kier molecular flexibility index (Phi) is 4.83. The van der Waals surface area contributed by atoms with Gasteiger partial charge in [0, 0.05) is 40.0 Å². The molecule has 26 heavy (non-hydrogen) atoms. The molecule has 0 aliphatic carbocycles. The average Bonchev–Trinajstić information content (AvgIpc) is 2.99. The largest absolute Gasteiger partial charge is 0.488 e. The van der Waals surface area contributed by atoms with E-state index in [1.54, 1.807) is 11.3 Å². The predicted molar refractivity (Wildman–Crippen MR) is 104 cm³/mol. The van der Waals surface area contributed by atoms with Crippen molar-refractivity contribution in [1.29, 1.82) is 0 Å². The SMILES string of the molecule is CCOC(=O)c1csc2c1COc1ccccc1C2=C1CCN(C)CC1. The van der Waals surface area contributed by atoms with Crippen LogP contribution in [0.2, 0.25) is 0 Å². The fourth-order valence-corrected chi connectivity index (χ4v) is 4.83. The third kappa shape index (κ3) is 3.06. The van der Waals surface area contributed by atoms with E-state index in [-0.39, 0.29) is 5.97 Å². The number of carbonyl (C=O) groups is 1. The molecule has 0 radical (unpaired) electrons. The lowest BCUT2D eigenvalue weighted by Gasteiger charge is -2.26. The van der Waals surface area contributed by atoms with Gasteiger partial charge in [0.05, 0.1) is 12.2 Å². The zero-order chi connectivity index (χ0) is 18.1. The maximum absolute atomic E-state index is 12.4. The van der Waals surface area contributed by atoms with Crippen molar-refractivity contribution in [2.45, 2.75) is 26.4 Å². The molecule has 0 atom stereocenters. The Balaban J connectivity index is 1.87. The van der Waals surface area contributed by atoms with Gasteiger partial charge in [-0.15, -0.1) is 11.3 Å². The van der Waals surface area contributed by atoms with Crippen LogP contribution in [0.4, 0.5) is 0 Å². The molecule has 1 saturated heterocycles. The third-order valence-corrected chi connectivity index (χ3v) is 6.13. The van der Waals surface area contributed by atoms with E-state index >= 15 is 0 Å². The fraction of sp³-hybridized carbons (Fsp3) is 0.381. The fourth-order valence-electron chi connectivity index (χ4n) is 3.68. The zero-order valence-electron chi connectivity index (χ0n) is 15.2. The molecule has 0 spiro atoms. The Morgan fingerprint density at radius 1 is 1.27 bits per heavy atom. The molecule has 5 heteroatoms. The first-order valence-corrected chi connectivity index (χ1v) is 9.97. The number of piperidine rings is 1. The van der Waals surface area contributed by atoms with Gasteiger partial charge in [-0.25, -0.2) is 4.79 Å². The number of likely N-dealkylation sites (tertiary alicyclic amines) is 1. The van der Waals surface area contributed by atoms with Gasteiger partial charge in [0.1, 0.15) is 12.4 Å². The van der Waals surface area contributed by atoms with E-state index in [9.17, 15) is 4.79 Å². The smallest absolute Gasteiger partial charge is 0.339 e. The number of para-hydroxylation sites is 1.